The molecule has 3 aromatic heterocycles. The van der Waals surface area contributed by atoms with Crippen LogP contribution in [-0.2, 0) is 0 Å². The van der Waals surface area contributed by atoms with Gasteiger partial charge in [-0.25, -0.2) is 9.97 Å². The van der Waals surface area contributed by atoms with Gasteiger partial charge in [-0.1, -0.05) is 152 Å². The van der Waals surface area contributed by atoms with Crippen LogP contribution >= 0.6 is 0 Å². The first-order valence-electron chi connectivity index (χ1n) is 21.7. The molecular formula is C59H38N6. The van der Waals surface area contributed by atoms with Crippen LogP contribution in [0, 0.1) is 11.3 Å². The summed E-state index contributed by atoms with van der Waals surface area (Å²) >= 11 is 0. The molecule has 6 heteroatoms. The Bertz CT molecular complexity index is 3660. The largest absolute Gasteiger partial charge is 0.309 e. The van der Waals surface area contributed by atoms with E-state index in [1.165, 1.54) is 0 Å². The molecule has 304 valence electrons. The van der Waals surface area contributed by atoms with Crippen molar-refractivity contribution in [3.63, 3.8) is 0 Å². The molecule has 9 aromatic carbocycles. The molecule has 0 atom stereocenters. The number of anilines is 3. The van der Waals surface area contributed by atoms with E-state index in [1.54, 1.807) is 0 Å². The average Bonchev–Trinajstić information content (AvgIpc) is 3.91. The van der Waals surface area contributed by atoms with Crippen LogP contribution in [0.25, 0.3) is 88.9 Å². The van der Waals surface area contributed by atoms with Crippen LogP contribution in [0.4, 0.5) is 17.1 Å². The monoisotopic (exact) mass is 830 g/mol. The van der Waals surface area contributed by atoms with Gasteiger partial charge in [-0.2, -0.15) is 5.26 Å². The van der Waals surface area contributed by atoms with Crippen LogP contribution < -0.4 is 4.90 Å². The highest BCUT2D eigenvalue weighted by atomic mass is 15.2. The lowest BCUT2D eigenvalue weighted by Gasteiger charge is -2.27. The van der Waals surface area contributed by atoms with Gasteiger partial charge in [-0.15, -0.1) is 0 Å². The van der Waals surface area contributed by atoms with E-state index in [-0.39, 0.29) is 0 Å². The standard InChI is InChI=1S/C59H38N6/c60-39-43-36-42(59-61-50(40-20-6-1-7-21-40)38-51(62-59)41-22-8-2-9-23-41)34-35-52(43)65-54-33-19-17-31-48(54)56-57-49(47-30-16-18-32-53(47)64(57)46-28-14-5-15-29-46)37-55(58(56)65)63(44-24-10-3-11-25-44)45-26-12-4-13-27-45/h1-38H. The Hall–Kier alpha value is -9.05. The average molecular weight is 831 g/mol. The minimum absolute atomic E-state index is 0.501. The summed E-state index contributed by atoms with van der Waals surface area (Å²) in [5.74, 6) is 0.546. The lowest BCUT2D eigenvalue weighted by molar-refractivity contribution is 1.15. The lowest BCUT2D eigenvalue weighted by atomic mass is 10.0. The minimum atomic E-state index is 0.501. The van der Waals surface area contributed by atoms with E-state index >= 15 is 0 Å². The van der Waals surface area contributed by atoms with Crippen LogP contribution in [0.2, 0.25) is 0 Å². The number of aromatic nitrogens is 4. The van der Waals surface area contributed by atoms with Gasteiger partial charge in [0, 0.05) is 55.3 Å². The van der Waals surface area contributed by atoms with Gasteiger partial charge in [0.2, 0.25) is 0 Å². The number of hydrogen-bond acceptors (Lipinski definition) is 4. The highest BCUT2D eigenvalue weighted by Gasteiger charge is 2.28. The zero-order valence-electron chi connectivity index (χ0n) is 35.1. The number of rotatable bonds is 8. The first-order chi connectivity index (χ1) is 32.2. The van der Waals surface area contributed by atoms with Crippen LogP contribution in [-0.4, -0.2) is 19.1 Å². The Morgan fingerprint density at radius 3 is 1.51 bits per heavy atom. The Morgan fingerprint density at radius 1 is 0.415 bits per heavy atom. The van der Waals surface area contributed by atoms with Gasteiger partial charge in [0.1, 0.15) is 6.07 Å². The van der Waals surface area contributed by atoms with Crippen molar-refractivity contribution in [3.8, 4) is 51.3 Å². The van der Waals surface area contributed by atoms with Gasteiger partial charge < -0.3 is 14.0 Å². The highest BCUT2D eigenvalue weighted by molar-refractivity contribution is 6.29. The third-order valence-electron chi connectivity index (χ3n) is 12.3. The summed E-state index contributed by atoms with van der Waals surface area (Å²) in [7, 11) is 0. The first-order valence-corrected chi connectivity index (χ1v) is 21.7. The predicted molar refractivity (Wildman–Crippen MR) is 266 cm³/mol. The third kappa shape index (κ3) is 6.33. The molecule has 0 aliphatic heterocycles. The number of nitrogens with zero attached hydrogens (tertiary/aromatic N) is 6. The van der Waals surface area contributed by atoms with E-state index in [0.29, 0.717) is 11.4 Å². The molecule has 0 aliphatic rings. The van der Waals surface area contributed by atoms with E-state index in [4.69, 9.17) is 9.97 Å². The van der Waals surface area contributed by atoms with Crippen molar-refractivity contribution in [1.29, 1.82) is 5.26 Å². The molecule has 12 aromatic rings. The molecule has 0 saturated carbocycles. The molecule has 0 fully saturated rings. The Kier molecular flexibility index (Phi) is 9.10. The molecule has 0 N–H and O–H groups in total. The van der Waals surface area contributed by atoms with Gasteiger partial charge in [-0.05, 0) is 78.9 Å². The summed E-state index contributed by atoms with van der Waals surface area (Å²) in [6.45, 7) is 0. The van der Waals surface area contributed by atoms with E-state index in [2.05, 4.69) is 202 Å². The topological polar surface area (TPSA) is 62.7 Å². The van der Waals surface area contributed by atoms with Crippen molar-refractivity contribution >= 4 is 60.7 Å². The Morgan fingerprint density at radius 2 is 0.923 bits per heavy atom. The minimum Gasteiger partial charge on any atom is -0.309 e. The van der Waals surface area contributed by atoms with Crippen molar-refractivity contribution in [2.24, 2.45) is 0 Å². The maximum absolute atomic E-state index is 11.3. The fourth-order valence-electron chi connectivity index (χ4n) is 9.48. The van der Waals surface area contributed by atoms with E-state index in [0.717, 1.165) is 100 Å². The highest BCUT2D eigenvalue weighted by Crippen LogP contribution is 2.49. The zero-order chi connectivity index (χ0) is 43.3. The second-order valence-corrected chi connectivity index (χ2v) is 16.1. The van der Waals surface area contributed by atoms with Crippen LogP contribution in [0.1, 0.15) is 5.56 Å². The number of benzene rings is 9. The van der Waals surface area contributed by atoms with E-state index < -0.39 is 0 Å². The normalized spacial score (nSPS) is 11.4. The summed E-state index contributed by atoms with van der Waals surface area (Å²) in [4.78, 5) is 12.6. The van der Waals surface area contributed by atoms with Crippen molar-refractivity contribution in [1.82, 2.24) is 19.1 Å². The summed E-state index contributed by atoms with van der Waals surface area (Å²) in [6.07, 6.45) is 0. The van der Waals surface area contributed by atoms with Crippen molar-refractivity contribution in [2.45, 2.75) is 0 Å². The summed E-state index contributed by atoms with van der Waals surface area (Å²) in [5, 5.41) is 15.7. The SMILES string of the molecule is N#Cc1cc(-c2nc(-c3ccccc3)cc(-c3ccccc3)n2)ccc1-n1c2ccccc2c2c1c(N(c1ccccc1)c1ccccc1)cc1c3ccccc3n(-c3ccccc3)c12. The maximum Gasteiger partial charge on any atom is 0.160 e. The number of nitriles is 1. The molecule has 0 aliphatic carbocycles. The zero-order valence-corrected chi connectivity index (χ0v) is 35.1. The molecule has 0 saturated heterocycles. The van der Waals surface area contributed by atoms with Gasteiger partial charge in [0.05, 0.1) is 50.4 Å². The molecular weight excluding hydrogens is 793 g/mol. The molecule has 3 heterocycles. The fourth-order valence-corrected chi connectivity index (χ4v) is 9.48. The summed E-state index contributed by atoms with van der Waals surface area (Å²) < 4.78 is 4.70. The van der Waals surface area contributed by atoms with Gasteiger partial charge in [-0.3, -0.25) is 0 Å². The first kappa shape index (κ1) is 37.7. The third-order valence-corrected chi connectivity index (χ3v) is 12.3. The quantitative estimate of drug-likeness (QED) is 0.153. The van der Waals surface area contributed by atoms with E-state index in [9.17, 15) is 5.26 Å². The van der Waals surface area contributed by atoms with Crippen molar-refractivity contribution < 1.29 is 0 Å². The van der Waals surface area contributed by atoms with Crippen molar-refractivity contribution in [3.05, 3.63) is 236 Å². The molecule has 0 radical (unpaired) electrons. The van der Waals surface area contributed by atoms with Gasteiger partial charge >= 0.3 is 0 Å². The fraction of sp³-hybridized carbons (Fsp3) is 0. The molecule has 6 nitrogen and oxygen atoms in total. The molecule has 0 spiro atoms. The Balaban J connectivity index is 1.19. The molecule has 0 amide bonds. The summed E-state index contributed by atoms with van der Waals surface area (Å²) in [5.41, 5.74) is 13.9. The number of para-hydroxylation sites is 5. The Labute approximate surface area is 375 Å². The van der Waals surface area contributed by atoms with E-state index in [1.807, 2.05) is 48.5 Å². The van der Waals surface area contributed by atoms with Gasteiger partial charge in [0.25, 0.3) is 0 Å². The number of hydrogen-bond donors (Lipinski definition) is 0. The van der Waals surface area contributed by atoms with Crippen LogP contribution in [0.5, 0.6) is 0 Å². The number of fused-ring (bicyclic) bond motifs is 7. The predicted octanol–water partition coefficient (Wildman–Crippen LogP) is 15.0. The van der Waals surface area contributed by atoms with Crippen LogP contribution in [0.15, 0.2) is 231 Å². The molecule has 65 heavy (non-hydrogen) atoms. The lowest BCUT2D eigenvalue weighted by Crippen LogP contribution is -2.12. The van der Waals surface area contributed by atoms with Crippen LogP contribution in [0.3, 0.4) is 0 Å². The maximum atomic E-state index is 11.3. The van der Waals surface area contributed by atoms with Crippen molar-refractivity contribution in [2.75, 3.05) is 4.90 Å². The second-order valence-electron chi connectivity index (χ2n) is 16.1. The molecule has 12 rings (SSSR count). The smallest absolute Gasteiger partial charge is 0.160 e. The summed E-state index contributed by atoms with van der Waals surface area (Å²) in [6, 6.07) is 82.4. The second kappa shape index (κ2) is 15.7. The molecule has 0 bridgehead atoms. The van der Waals surface area contributed by atoms with Gasteiger partial charge in [0.15, 0.2) is 5.82 Å². The molecule has 0 unspecified atom stereocenters.